The molecule has 4 aromatic rings. The van der Waals surface area contributed by atoms with Crippen LogP contribution in [0.15, 0.2) is 88.9 Å². The zero-order valence-corrected chi connectivity index (χ0v) is 16.1. The highest BCUT2D eigenvalue weighted by atomic mass is 16.1. The first-order chi connectivity index (χ1) is 14.1. The third-order valence-electron chi connectivity index (χ3n) is 4.52. The Morgan fingerprint density at radius 3 is 2.41 bits per heavy atom. The predicted octanol–water partition coefficient (Wildman–Crippen LogP) is 3.53. The van der Waals surface area contributed by atoms with E-state index in [0.717, 1.165) is 27.9 Å². The summed E-state index contributed by atoms with van der Waals surface area (Å²) in [5.41, 5.74) is 10.2. The van der Waals surface area contributed by atoms with E-state index in [4.69, 9.17) is 10.8 Å². The van der Waals surface area contributed by atoms with Crippen LogP contribution >= 0.6 is 0 Å². The van der Waals surface area contributed by atoms with E-state index >= 15 is 0 Å². The van der Waals surface area contributed by atoms with Gasteiger partial charge in [0.15, 0.2) is 0 Å². The number of aromatic nitrogens is 3. The molecule has 0 fully saturated rings. The molecule has 6 heteroatoms. The van der Waals surface area contributed by atoms with E-state index < -0.39 is 0 Å². The van der Waals surface area contributed by atoms with Crippen molar-refractivity contribution in [2.75, 3.05) is 5.73 Å². The van der Waals surface area contributed by atoms with Crippen LogP contribution in [0.3, 0.4) is 0 Å². The first kappa shape index (κ1) is 18.4. The average molecular weight is 383 g/mol. The first-order valence-electron chi connectivity index (χ1n) is 9.30. The highest BCUT2D eigenvalue weighted by molar-refractivity contribution is 5.88. The highest BCUT2D eigenvalue weighted by Crippen LogP contribution is 2.21. The molecule has 2 aromatic heterocycles. The molecule has 2 N–H and O–H groups in total. The van der Waals surface area contributed by atoms with Crippen molar-refractivity contribution in [1.82, 2.24) is 14.5 Å². The van der Waals surface area contributed by atoms with Crippen molar-refractivity contribution in [3.63, 3.8) is 0 Å². The molecule has 0 unspecified atom stereocenters. The second-order valence-electron chi connectivity index (χ2n) is 6.83. The Balaban J connectivity index is 1.74. The van der Waals surface area contributed by atoms with E-state index in [9.17, 15) is 4.79 Å². The second-order valence-corrected chi connectivity index (χ2v) is 6.83. The largest absolute Gasteiger partial charge is 0.384 e. The SMILES string of the molecule is Cc1cc(N)n(/N=C\c2cn(Cc3ccccc3)nc2-c2ccccc2)c(=O)c1. The maximum Gasteiger partial charge on any atom is 0.273 e. The fourth-order valence-electron chi connectivity index (χ4n) is 3.17. The van der Waals surface area contributed by atoms with E-state index in [-0.39, 0.29) is 5.56 Å². The van der Waals surface area contributed by atoms with Crippen LogP contribution in [0.25, 0.3) is 11.3 Å². The molecule has 0 amide bonds. The smallest absolute Gasteiger partial charge is 0.273 e. The maximum atomic E-state index is 12.2. The van der Waals surface area contributed by atoms with Crippen molar-refractivity contribution >= 4 is 12.0 Å². The van der Waals surface area contributed by atoms with E-state index in [1.807, 2.05) is 66.3 Å². The molecule has 6 nitrogen and oxygen atoms in total. The van der Waals surface area contributed by atoms with Gasteiger partial charge in [-0.1, -0.05) is 60.7 Å². The van der Waals surface area contributed by atoms with Crippen LogP contribution in [0.5, 0.6) is 0 Å². The zero-order valence-electron chi connectivity index (χ0n) is 16.1. The summed E-state index contributed by atoms with van der Waals surface area (Å²) in [6.07, 6.45) is 3.55. The minimum Gasteiger partial charge on any atom is -0.384 e. The van der Waals surface area contributed by atoms with E-state index in [0.29, 0.717) is 12.4 Å². The summed E-state index contributed by atoms with van der Waals surface area (Å²) < 4.78 is 3.07. The molecule has 29 heavy (non-hydrogen) atoms. The Morgan fingerprint density at radius 1 is 1.03 bits per heavy atom. The van der Waals surface area contributed by atoms with Crippen LogP contribution in [0.4, 0.5) is 5.82 Å². The van der Waals surface area contributed by atoms with Crippen LogP contribution in [0.1, 0.15) is 16.7 Å². The second kappa shape index (κ2) is 7.98. The fraction of sp³-hybridized carbons (Fsp3) is 0.0870. The molecule has 2 heterocycles. The number of hydrogen-bond acceptors (Lipinski definition) is 4. The van der Waals surface area contributed by atoms with Gasteiger partial charge in [-0.15, -0.1) is 0 Å². The van der Waals surface area contributed by atoms with Gasteiger partial charge in [0.2, 0.25) is 0 Å². The standard InChI is InChI=1S/C23H21N5O/c1-17-12-21(24)28(22(29)13-17)25-14-20-16-27(15-18-8-4-2-5-9-18)26-23(20)19-10-6-3-7-11-19/h2-14,16H,15,24H2,1H3/b25-14-. The van der Waals surface area contributed by atoms with Gasteiger partial charge in [-0.25, -0.2) is 0 Å². The first-order valence-corrected chi connectivity index (χ1v) is 9.30. The molecule has 0 spiro atoms. The molecule has 0 atom stereocenters. The topological polar surface area (TPSA) is 78.2 Å². The molecule has 2 aromatic carbocycles. The molecular weight excluding hydrogens is 362 g/mol. The number of anilines is 1. The quantitative estimate of drug-likeness (QED) is 0.536. The summed E-state index contributed by atoms with van der Waals surface area (Å²) >= 11 is 0. The molecule has 4 rings (SSSR count). The molecule has 0 aliphatic carbocycles. The summed E-state index contributed by atoms with van der Waals surface area (Å²) in [5.74, 6) is 0.296. The number of benzene rings is 2. The lowest BCUT2D eigenvalue weighted by Crippen LogP contribution is -2.19. The fourth-order valence-corrected chi connectivity index (χ4v) is 3.17. The van der Waals surface area contributed by atoms with E-state index in [1.165, 1.54) is 10.7 Å². The minimum absolute atomic E-state index is 0.267. The molecule has 144 valence electrons. The summed E-state index contributed by atoms with van der Waals surface area (Å²) in [6.45, 7) is 2.47. The van der Waals surface area contributed by atoms with Gasteiger partial charge in [-0.3, -0.25) is 9.48 Å². The Kier molecular flexibility index (Phi) is 5.07. The van der Waals surface area contributed by atoms with Gasteiger partial charge in [0.25, 0.3) is 5.56 Å². The Morgan fingerprint density at radius 2 is 1.72 bits per heavy atom. The molecule has 0 saturated carbocycles. The van der Waals surface area contributed by atoms with Crippen LogP contribution in [0, 0.1) is 6.92 Å². The molecule has 0 aliphatic heterocycles. The maximum absolute atomic E-state index is 12.2. The lowest BCUT2D eigenvalue weighted by atomic mass is 10.1. The predicted molar refractivity (Wildman–Crippen MR) is 116 cm³/mol. The molecule has 0 radical (unpaired) electrons. The van der Waals surface area contributed by atoms with Crippen LogP contribution in [-0.2, 0) is 6.54 Å². The zero-order chi connectivity index (χ0) is 20.2. The Bertz CT molecular complexity index is 1210. The summed E-state index contributed by atoms with van der Waals surface area (Å²) in [5, 5.41) is 9.08. The molecule has 0 bridgehead atoms. The van der Waals surface area contributed by atoms with Crippen molar-refractivity contribution in [3.05, 3.63) is 106 Å². The van der Waals surface area contributed by atoms with Gasteiger partial charge >= 0.3 is 0 Å². The number of nitrogens with two attached hydrogens (primary N) is 1. The molecule has 0 saturated heterocycles. The Hall–Kier alpha value is -3.93. The molecule has 0 aliphatic rings. The summed E-state index contributed by atoms with van der Waals surface area (Å²) in [7, 11) is 0. The Labute approximate surface area is 168 Å². The van der Waals surface area contributed by atoms with Gasteiger partial charge in [0, 0.05) is 23.4 Å². The number of nitrogen functional groups attached to an aromatic ring is 1. The monoisotopic (exact) mass is 383 g/mol. The number of nitrogens with zero attached hydrogens (tertiary/aromatic N) is 4. The molecular formula is C23H21N5O. The van der Waals surface area contributed by atoms with Crippen LogP contribution in [0.2, 0.25) is 0 Å². The van der Waals surface area contributed by atoms with E-state index in [1.54, 1.807) is 12.3 Å². The van der Waals surface area contributed by atoms with Crippen molar-refractivity contribution in [1.29, 1.82) is 0 Å². The lowest BCUT2D eigenvalue weighted by molar-refractivity contribution is 0.689. The third-order valence-corrected chi connectivity index (χ3v) is 4.52. The normalized spacial score (nSPS) is 11.2. The number of aryl methyl sites for hydroxylation is 1. The summed E-state index contributed by atoms with van der Waals surface area (Å²) in [4.78, 5) is 12.2. The van der Waals surface area contributed by atoms with Crippen molar-refractivity contribution < 1.29 is 0 Å². The van der Waals surface area contributed by atoms with Gasteiger partial charge in [0.1, 0.15) is 11.5 Å². The minimum atomic E-state index is -0.267. The van der Waals surface area contributed by atoms with Crippen molar-refractivity contribution in [2.45, 2.75) is 13.5 Å². The van der Waals surface area contributed by atoms with Crippen LogP contribution in [-0.4, -0.2) is 20.7 Å². The third kappa shape index (κ3) is 4.16. The van der Waals surface area contributed by atoms with Gasteiger partial charge in [-0.05, 0) is 24.1 Å². The van der Waals surface area contributed by atoms with E-state index in [2.05, 4.69) is 17.2 Å². The lowest BCUT2D eigenvalue weighted by Gasteiger charge is -2.03. The van der Waals surface area contributed by atoms with Crippen molar-refractivity contribution in [2.24, 2.45) is 5.10 Å². The van der Waals surface area contributed by atoms with Crippen molar-refractivity contribution in [3.8, 4) is 11.3 Å². The number of rotatable bonds is 5. The van der Waals surface area contributed by atoms with Gasteiger partial charge in [-0.2, -0.15) is 14.9 Å². The van der Waals surface area contributed by atoms with Crippen LogP contribution < -0.4 is 11.3 Å². The number of hydrogen-bond donors (Lipinski definition) is 1. The van der Waals surface area contributed by atoms with Gasteiger partial charge < -0.3 is 5.73 Å². The highest BCUT2D eigenvalue weighted by Gasteiger charge is 2.10. The average Bonchev–Trinajstić information content (AvgIpc) is 3.11. The summed E-state index contributed by atoms with van der Waals surface area (Å²) in [6, 6.07) is 23.2. The van der Waals surface area contributed by atoms with Gasteiger partial charge in [0.05, 0.1) is 12.8 Å². The number of pyridine rings is 1.